The monoisotopic (exact) mass is 193 g/mol. The lowest BCUT2D eigenvalue weighted by atomic mass is 10.0. The maximum absolute atomic E-state index is 11.2. The van der Waals surface area contributed by atoms with Crippen molar-refractivity contribution in [1.29, 1.82) is 0 Å². The summed E-state index contributed by atoms with van der Waals surface area (Å²) in [7, 11) is 1.34. The molecule has 0 saturated carbocycles. The van der Waals surface area contributed by atoms with Gasteiger partial charge in [0.15, 0.2) is 0 Å². The van der Waals surface area contributed by atoms with E-state index in [4.69, 9.17) is 5.73 Å². The molecule has 0 aliphatic rings. The molecule has 0 aliphatic heterocycles. The van der Waals surface area contributed by atoms with E-state index in [1.165, 1.54) is 12.7 Å². The zero-order valence-corrected chi connectivity index (χ0v) is 8.49. The molecule has 0 amide bonds. The van der Waals surface area contributed by atoms with Gasteiger partial charge in [0, 0.05) is 0 Å². The van der Waals surface area contributed by atoms with Gasteiger partial charge in [0.2, 0.25) is 0 Å². The van der Waals surface area contributed by atoms with Crippen molar-refractivity contribution in [2.24, 2.45) is 5.73 Å². The number of benzene rings is 1. The Labute approximate surface area is 83.9 Å². The summed E-state index contributed by atoms with van der Waals surface area (Å²) in [5, 5.41) is 0. The number of hydrogen-bond donors (Lipinski definition) is 1. The average Bonchev–Trinajstić information content (AvgIpc) is 2.27. The summed E-state index contributed by atoms with van der Waals surface area (Å²) in [4.78, 5) is 11.2. The number of nitrogens with two attached hydrogens (primary N) is 1. The summed E-state index contributed by atoms with van der Waals surface area (Å²) in [6.45, 7) is 2.06. The quantitative estimate of drug-likeness (QED) is 0.739. The summed E-state index contributed by atoms with van der Waals surface area (Å²) in [6.07, 6.45) is 0.932. The van der Waals surface area contributed by atoms with Crippen LogP contribution in [0.1, 0.15) is 24.1 Å². The maximum atomic E-state index is 11.2. The minimum atomic E-state index is -0.675. The van der Waals surface area contributed by atoms with Crippen LogP contribution >= 0.6 is 0 Å². The third-order valence-electron chi connectivity index (χ3n) is 2.17. The van der Waals surface area contributed by atoms with Gasteiger partial charge in [0.1, 0.15) is 6.04 Å². The largest absolute Gasteiger partial charge is 0.468 e. The lowest BCUT2D eigenvalue weighted by Crippen LogP contribution is -2.22. The van der Waals surface area contributed by atoms with Crippen LogP contribution in [0.3, 0.4) is 0 Å². The van der Waals surface area contributed by atoms with E-state index >= 15 is 0 Å². The smallest absolute Gasteiger partial charge is 0.327 e. The van der Waals surface area contributed by atoms with E-state index < -0.39 is 12.0 Å². The number of methoxy groups -OCH3 is 1. The Bertz CT molecular complexity index is 323. The molecular formula is C11H15NO2. The van der Waals surface area contributed by atoms with E-state index in [0.29, 0.717) is 0 Å². The highest BCUT2D eigenvalue weighted by Gasteiger charge is 2.15. The Morgan fingerprint density at radius 1 is 1.57 bits per heavy atom. The van der Waals surface area contributed by atoms with Crippen LogP contribution in [0.4, 0.5) is 0 Å². The number of esters is 1. The molecule has 0 radical (unpaired) electrons. The van der Waals surface area contributed by atoms with Gasteiger partial charge < -0.3 is 10.5 Å². The molecule has 1 atom stereocenters. The normalized spacial score (nSPS) is 12.2. The molecule has 3 heteroatoms. The third-order valence-corrected chi connectivity index (χ3v) is 2.17. The van der Waals surface area contributed by atoms with Crippen LogP contribution in [0.25, 0.3) is 0 Å². The standard InChI is InChI=1S/C11H15NO2/c1-3-8-5-4-6-9(7-8)10(12)11(13)14-2/h4-7,10H,3,12H2,1-2H3. The molecule has 0 bridgehead atoms. The van der Waals surface area contributed by atoms with Gasteiger partial charge in [-0.05, 0) is 17.5 Å². The molecule has 1 unspecified atom stereocenters. The van der Waals surface area contributed by atoms with E-state index in [2.05, 4.69) is 11.7 Å². The summed E-state index contributed by atoms with van der Waals surface area (Å²) in [6, 6.07) is 7.00. The fourth-order valence-corrected chi connectivity index (χ4v) is 1.27. The zero-order chi connectivity index (χ0) is 10.6. The highest BCUT2D eigenvalue weighted by Crippen LogP contribution is 2.13. The molecule has 1 aromatic carbocycles. The molecule has 14 heavy (non-hydrogen) atoms. The molecule has 1 aromatic rings. The van der Waals surface area contributed by atoms with Crippen LogP contribution in [0.15, 0.2) is 24.3 Å². The fraction of sp³-hybridized carbons (Fsp3) is 0.364. The van der Waals surface area contributed by atoms with Crippen LogP contribution in [0, 0.1) is 0 Å². The van der Waals surface area contributed by atoms with E-state index in [0.717, 1.165) is 12.0 Å². The number of carbonyl (C=O) groups is 1. The second kappa shape index (κ2) is 4.77. The predicted molar refractivity (Wildman–Crippen MR) is 54.8 cm³/mol. The molecule has 0 heterocycles. The van der Waals surface area contributed by atoms with Gasteiger partial charge in [-0.1, -0.05) is 31.2 Å². The van der Waals surface area contributed by atoms with Crippen molar-refractivity contribution in [3.63, 3.8) is 0 Å². The van der Waals surface area contributed by atoms with Crippen molar-refractivity contribution >= 4 is 5.97 Å². The first-order valence-electron chi connectivity index (χ1n) is 4.61. The van der Waals surface area contributed by atoms with Crippen LogP contribution in [-0.2, 0) is 16.0 Å². The molecule has 0 saturated heterocycles. The Balaban J connectivity index is 2.89. The molecule has 0 spiro atoms. The van der Waals surface area contributed by atoms with E-state index in [1.54, 1.807) is 0 Å². The van der Waals surface area contributed by atoms with Gasteiger partial charge in [0.25, 0.3) is 0 Å². The molecule has 0 fully saturated rings. The Hall–Kier alpha value is -1.35. The predicted octanol–water partition coefficient (Wildman–Crippen LogP) is 1.42. The topological polar surface area (TPSA) is 52.3 Å². The second-order valence-electron chi connectivity index (χ2n) is 3.10. The lowest BCUT2D eigenvalue weighted by Gasteiger charge is -2.10. The average molecular weight is 193 g/mol. The van der Waals surface area contributed by atoms with Crippen molar-refractivity contribution < 1.29 is 9.53 Å². The van der Waals surface area contributed by atoms with E-state index in [1.807, 2.05) is 24.3 Å². The zero-order valence-electron chi connectivity index (χ0n) is 8.49. The highest BCUT2D eigenvalue weighted by atomic mass is 16.5. The molecule has 1 rings (SSSR count). The fourth-order valence-electron chi connectivity index (χ4n) is 1.27. The number of ether oxygens (including phenoxy) is 1. The molecule has 2 N–H and O–H groups in total. The third kappa shape index (κ3) is 2.33. The van der Waals surface area contributed by atoms with Gasteiger partial charge in [-0.2, -0.15) is 0 Å². The Morgan fingerprint density at radius 2 is 2.29 bits per heavy atom. The summed E-state index contributed by atoms with van der Waals surface area (Å²) < 4.78 is 4.58. The van der Waals surface area contributed by atoms with Crippen LogP contribution in [-0.4, -0.2) is 13.1 Å². The van der Waals surface area contributed by atoms with Crippen LogP contribution in [0.2, 0.25) is 0 Å². The van der Waals surface area contributed by atoms with Gasteiger partial charge in [-0.15, -0.1) is 0 Å². The van der Waals surface area contributed by atoms with Crippen molar-refractivity contribution in [3.8, 4) is 0 Å². The molecule has 0 aliphatic carbocycles. The van der Waals surface area contributed by atoms with Crippen molar-refractivity contribution in [3.05, 3.63) is 35.4 Å². The summed E-state index contributed by atoms with van der Waals surface area (Å²) >= 11 is 0. The Kier molecular flexibility index (Phi) is 3.65. The first-order chi connectivity index (χ1) is 6.69. The van der Waals surface area contributed by atoms with Crippen molar-refractivity contribution in [2.75, 3.05) is 7.11 Å². The minimum absolute atomic E-state index is 0.404. The molecule has 76 valence electrons. The number of carbonyl (C=O) groups excluding carboxylic acids is 1. The second-order valence-corrected chi connectivity index (χ2v) is 3.10. The first kappa shape index (κ1) is 10.7. The van der Waals surface area contributed by atoms with Gasteiger partial charge in [-0.3, -0.25) is 4.79 Å². The van der Waals surface area contributed by atoms with E-state index in [9.17, 15) is 4.79 Å². The van der Waals surface area contributed by atoms with Crippen molar-refractivity contribution in [2.45, 2.75) is 19.4 Å². The highest BCUT2D eigenvalue weighted by molar-refractivity contribution is 5.77. The maximum Gasteiger partial charge on any atom is 0.327 e. The SMILES string of the molecule is CCc1cccc(C(N)C(=O)OC)c1. The minimum Gasteiger partial charge on any atom is -0.468 e. The summed E-state index contributed by atoms with van der Waals surface area (Å²) in [5.41, 5.74) is 7.67. The number of rotatable bonds is 3. The summed E-state index contributed by atoms with van der Waals surface area (Å²) in [5.74, 6) is -0.404. The van der Waals surface area contributed by atoms with Gasteiger partial charge in [0.05, 0.1) is 7.11 Å². The molecule has 3 nitrogen and oxygen atoms in total. The molecular weight excluding hydrogens is 178 g/mol. The molecule has 0 aromatic heterocycles. The number of aryl methyl sites for hydroxylation is 1. The van der Waals surface area contributed by atoms with Crippen LogP contribution in [0.5, 0.6) is 0 Å². The van der Waals surface area contributed by atoms with Crippen molar-refractivity contribution in [1.82, 2.24) is 0 Å². The lowest BCUT2D eigenvalue weighted by molar-refractivity contribution is -0.142. The Morgan fingerprint density at radius 3 is 2.86 bits per heavy atom. The number of hydrogen-bond acceptors (Lipinski definition) is 3. The van der Waals surface area contributed by atoms with Crippen LogP contribution < -0.4 is 5.73 Å². The van der Waals surface area contributed by atoms with Gasteiger partial charge >= 0.3 is 5.97 Å². The van der Waals surface area contributed by atoms with Gasteiger partial charge in [-0.25, -0.2) is 0 Å². The first-order valence-corrected chi connectivity index (χ1v) is 4.61. The van der Waals surface area contributed by atoms with E-state index in [-0.39, 0.29) is 0 Å².